The molecule has 0 amide bonds. The van der Waals surface area contributed by atoms with E-state index in [4.69, 9.17) is 0 Å². The number of imidazole rings is 1. The third-order valence-electron chi connectivity index (χ3n) is 2.52. The van der Waals surface area contributed by atoms with Gasteiger partial charge in [-0.15, -0.1) is 0 Å². The molecule has 0 bridgehead atoms. The Kier molecular flexibility index (Phi) is 1.76. The highest BCUT2D eigenvalue weighted by Crippen LogP contribution is 2.20. The molecule has 6 nitrogen and oxygen atoms in total. The Hall–Kier alpha value is -2.24. The zero-order chi connectivity index (χ0) is 11.1. The van der Waals surface area contributed by atoms with Gasteiger partial charge in [0.15, 0.2) is 11.5 Å². The van der Waals surface area contributed by atoms with E-state index in [1.165, 1.54) is 0 Å². The van der Waals surface area contributed by atoms with Crippen LogP contribution in [0.1, 0.15) is 5.69 Å². The minimum absolute atomic E-state index is 0.813. The van der Waals surface area contributed by atoms with Gasteiger partial charge in [0, 0.05) is 19.4 Å². The van der Waals surface area contributed by atoms with Crippen molar-refractivity contribution >= 4 is 11.0 Å². The van der Waals surface area contributed by atoms with Gasteiger partial charge in [-0.1, -0.05) is 0 Å². The predicted octanol–water partition coefficient (Wildman–Crippen LogP) is 0.857. The van der Waals surface area contributed by atoms with Gasteiger partial charge >= 0.3 is 0 Å². The molecule has 3 rings (SSSR count). The summed E-state index contributed by atoms with van der Waals surface area (Å²) in [7, 11) is 1.88. The first-order chi connectivity index (χ1) is 7.77. The van der Waals surface area contributed by atoms with Crippen molar-refractivity contribution in [2.45, 2.75) is 6.92 Å². The maximum Gasteiger partial charge on any atom is 0.163 e. The minimum Gasteiger partial charge on any atom is -0.290 e. The summed E-state index contributed by atoms with van der Waals surface area (Å²) in [6.07, 6.45) is 6.83. The topological polar surface area (TPSA) is 61.4 Å². The third-order valence-corrected chi connectivity index (χ3v) is 2.52. The normalized spacial score (nSPS) is 11.1. The molecule has 0 saturated heterocycles. The average molecular weight is 214 g/mol. The maximum absolute atomic E-state index is 4.34. The molecule has 0 radical (unpaired) electrons. The van der Waals surface area contributed by atoms with Crippen LogP contribution in [0.3, 0.4) is 0 Å². The fourth-order valence-electron chi connectivity index (χ4n) is 1.84. The van der Waals surface area contributed by atoms with Gasteiger partial charge in [-0.2, -0.15) is 5.10 Å². The number of fused-ring (bicyclic) bond motifs is 1. The summed E-state index contributed by atoms with van der Waals surface area (Å²) in [4.78, 5) is 12.5. The van der Waals surface area contributed by atoms with Crippen molar-refractivity contribution in [3.8, 4) is 5.82 Å². The van der Waals surface area contributed by atoms with E-state index in [1.54, 1.807) is 23.5 Å². The predicted molar refractivity (Wildman–Crippen MR) is 58.2 cm³/mol. The molecule has 0 aliphatic heterocycles. The van der Waals surface area contributed by atoms with Crippen LogP contribution < -0.4 is 0 Å². The van der Waals surface area contributed by atoms with E-state index >= 15 is 0 Å². The second-order valence-corrected chi connectivity index (χ2v) is 3.57. The second kappa shape index (κ2) is 3.13. The molecule has 0 spiro atoms. The first-order valence-electron chi connectivity index (χ1n) is 4.90. The molecule has 0 fully saturated rings. The lowest BCUT2D eigenvalue weighted by Gasteiger charge is -2.02. The lowest BCUT2D eigenvalue weighted by Crippen LogP contribution is -1.98. The van der Waals surface area contributed by atoms with Gasteiger partial charge in [0.05, 0.1) is 11.1 Å². The van der Waals surface area contributed by atoms with E-state index < -0.39 is 0 Å². The fourth-order valence-corrected chi connectivity index (χ4v) is 1.84. The van der Waals surface area contributed by atoms with Crippen LogP contribution in [0.2, 0.25) is 0 Å². The Morgan fingerprint density at radius 3 is 2.88 bits per heavy atom. The van der Waals surface area contributed by atoms with Crippen molar-refractivity contribution in [3.05, 3.63) is 30.7 Å². The van der Waals surface area contributed by atoms with Gasteiger partial charge in [-0.05, 0) is 6.92 Å². The Labute approximate surface area is 91.6 Å². The molecule has 0 aromatic carbocycles. The first-order valence-corrected chi connectivity index (χ1v) is 4.90. The summed E-state index contributed by atoms with van der Waals surface area (Å²) in [6.45, 7) is 1.95. The SMILES string of the molecule is Cc1nn(C)c2ncnc(-n3ccnc3)c12. The lowest BCUT2D eigenvalue weighted by atomic mass is 10.3. The van der Waals surface area contributed by atoms with Crippen molar-refractivity contribution < 1.29 is 0 Å². The molecule has 0 unspecified atom stereocenters. The van der Waals surface area contributed by atoms with Gasteiger partial charge in [-0.25, -0.2) is 15.0 Å². The number of nitrogens with zero attached hydrogens (tertiary/aromatic N) is 6. The smallest absolute Gasteiger partial charge is 0.163 e. The monoisotopic (exact) mass is 214 g/mol. The zero-order valence-corrected chi connectivity index (χ0v) is 8.99. The van der Waals surface area contributed by atoms with Gasteiger partial charge in [0.1, 0.15) is 12.7 Å². The highest BCUT2D eigenvalue weighted by molar-refractivity contribution is 5.85. The summed E-state index contributed by atoms with van der Waals surface area (Å²) in [6, 6.07) is 0. The molecule has 3 heterocycles. The van der Waals surface area contributed by atoms with Crippen molar-refractivity contribution in [3.63, 3.8) is 0 Å². The molecular weight excluding hydrogens is 204 g/mol. The summed E-state index contributed by atoms with van der Waals surface area (Å²) in [5.74, 6) is 0.813. The van der Waals surface area contributed by atoms with Crippen molar-refractivity contribution in [1.82, 2.24) is 29.3 Å². The Morgan fingerprint density at radius 1 is 1.25 bits per heavy atom. The second-order valence-electron chi connectivity index (χ2n) is 3.57. The summed E-state index contributed by atoms with van der Waals surface area (Å²) in [5.41, 5.74) is 1.75. The van der Waals surface area contributed by atoms with E-state index in [0.717, 1.165) is 22.5 Å². The highest BCUT2D eigenvalue weighted by atomic mass is 15.3. The van der Waals surface area contributed by atoms with Crippen molar-refractivity contribution in [2.75, 3.05) is 0 Å². The lowest BCUT2D eigenvalue weighted by molar-refractivity contribution is 0.773. The van der Waals surface area contributed by atoms with Gasteiger partial charge in [0.2, 0.25) is 0 Å². The first kappa shape index (κ1) is 9.02. The van der Waals surface area contributed by atoms with E-state index in [-0.39, 0.29) is 0 Å². The van der Waals surface area contributed by atoms with Crippen LogP contribution in [-0.2, 0) is 7.05 Å². The average Bonchev–Trinajstić information content (AvgIpc) is 2.88. The molecule has 0 aliphatic rings. The number of hydrogen-bond acceptors (Lipinski definition) is 4. The van der Waals surface area contributed by atoms with E-state index in [2.05, 4.69) is 20.1 Å². The van der Waals surface area contributed by atoms with Crippen LogP contribution in [0.4, 0.5) is 0 Å². The Morgan fingerprint density at radius 2 is 2.12 bits per heavy atom. The van der Waals surface area contributed by atoms with Crippen LogP contribution in [0.15, 0.2) is 25.0 Å². The van der Waals surface area contributed by atoms with Crippen LogP contribution in [0.5, 0.6) is 0 Å². The number of aromatic nitrogens is 6. The minimum atomic E-state index is 0.813. The summed E-state index contributed by atoms with van der Waals surface area (Å²) >= 11 is 0. The molecule has 6 heteroatoms. The van der Waals surface area contributed by atoms with E-state index in [1.807, 2.05) is 24.7 Å². The molecular formula is C10H10N6. The molecule has 0 N–H and O–H groups in total. The molecule has 3 aromatic rings. The highest BCUT2D eigenvalue weighted by Gasteiger charge is 2.12. The summed E-state index contributed by atoms with van der Waals surface area (Å²) < 4.78 is 3.62. The largest absolute Gasteiger partial charge is 0.290 e. The standard InChI is InChI=1S/C10H10N6/c1-7-8-9(15(2)14-7)12-5-13-10(8)16-4-3-11-6-16/h3-6H,1-2H3. The zero-order valence-electron chi connectivity index (χ0n) is 8.99. The molecule has 80 valence electrons. The van der Waals surface area contributed by atoms with E-state index in [0.29, 0.717) is 0 Å². The molecule has 0 aliphatic carbocycles. The number of rotatable bonds is 1. The summed E-state index contributed by atoms with van der Waals surface area (Å²) in [5, 5.41) is 5.30. The molecule has 3 aromatic heterocycles. The molecule has 16 heavy (non-hydrogen) atoms. The van der Waals surface area contributed by atoms with Crippen LogP contribution in [-0.4, -0.2) is 29.3 Å². The van der Waals surface area contributed by atoms with Crippen LogP contribution in [0.25, 0.3) is 16.9 Å². The maximum atomic E-state index is 4.34. The Bertz CT molecular complexity index is 637. The molecule has 0 saturated carbocycles. The van der Waals surface area contributed by atoms with Gasteiger partial charge in [-0.3, -0.25) is 9.25 Å². The Balaban J connectivity index is 2.41. The fraction of sp³-hybridized carbons (Fsp3) is 0.200. The van der Waals surface area contributed by atoms with Crippen LogP contribution >= 0.6 is 0 Å². The van der Waals surface area contributed by atoms with Crippen molar-refractivity contribution in [1.29, 1.82) is 0 Å². The van der Waals surface area contributed by atoms with Crippen molar-refractivity contribution in [2.24, 2.45) is 7.05 Å². The quantitative estimate of drug-likeness (QED) is 0.602. The van der Waals surface area contributed by atoms with E-state index in [9.17, 15) is 0 Å². The third kappa shape index (κ3) is 1.13. The van der Waals surface area contributed by atoms with Gasteiger partial charge in [0.25, 0.3) is 0 Å². The number of aryl methyl sites for hydroxylation is 2. The molecule has 0 atom stereocenters. The number of hydrogen-bond donors (Lipinski definition) is 0. The van der Waals surface area contributed by atoms with Crippen LogP contribution in [0, 0.1) is 6.92 Å². The van der Waals surface area contributed by atoms with Gasteiger partial charge < -0.3 is 0 Å².